The summed E-state index contributed by atoms with van der Waals surface area (Å²) in [5.74, 6) is 1.85. The molecule has 0 saturated heterocycles. The van der Waals surface area contributed by atoms with Crippen molar-refractivity contribution in [2.45, 2.75) is 19.8 Å². The highest BCUT2D eigenvalue weighted by Gasteiger charge is 1.97. The molecule has 0 aliphatic rings. The molecule has 1 unspecified atom stereocenters. The summed E-state index contributed by atoms with van der Waals surface area (Å²) in [5.41, 5.74) is 0. The first-order valence-corrected chi connectivity index (χ1v) is 4.20. The zero-order chi connectivity index (χ0) is 7.11. The van der Waals surface area contributed by atoms with E-state index in [0.717, 1.165) is 18.2 Å². The van der Waals surface area contributed by atoms with Gasteiger partial charge in [0.1, 0.15) is 0 Å². The predicted molar refractivity (Wildman–Crippen MR) is 46.2 cm³/mol. The zero-order valence-corrected chi connectivity index (χ0v) is 7.25. The van der Waals surface area contributed by atoms with Crippen molar-refractivity contribution >= 4 is 12.6 Å². The van der Waals surface area contributed by atoms with E-state index in [1.807, 2.05) is 7.05 Å². The molecule has 0 fully saturated rings. The molecule has 0 bridgehead atoms. The Bertz CT molecular complexity index is 56.9. The largest absolute Gasteiger partial charge is 0.320 e. The minimum absolute atomic E-state index is 0.829. The van der Waals surface area contributed by atoms with Crippen LogP contribution in [-0.4, -0.2) is 19.3 Å². The maximum atomic E-state index is 4.16. The fraction of sp³-hybridized carbons (Fsp3) is 1.00. The van der Waals surface area contributed by atoms with E-state index < -0.39 is 0 Å². The lowest BCUT2D eigenvalue weighted by molar-refractivity contribution is 0.506. The van der Waals surface area contributed by atoms with Crippen LogP contribution in [0.3, 0.4) is 0 Å². The van der Waals surface area contributed by atoms with Crippen LogP contribution in [-0.2, 0) is 0 Å². The van der Waals surface area contributed by atoms with Gasteiger partial charge in [-0.2, -0.15) is 12.6 Å². The van der Waals surface area contributed by atoms with Crippen LogP contribution in [0.4, 0.5) is 0 Å². The Labute approximate surface area is 63.6 Å². The van der Waals surface area contributed by atoms with Gasteiger partial charge >= 0.3 is 0 Å². The van der Waals surface area contributed by atoms with Gasteiger partial charge in [-0.25, -0.2) is 0 Å². The lowest BCUT2D eigenvalue weighted by Gasteiger charge is -2.07. The first kappa shape index (κ1) is 9.31. The Morgan fingerprint density at radius 2 is 2.11 bits per heavy atom. The Morgan fingerprint density at radius 1 is 1.44 bits per heavy atom. The smallest absolute Gasteiger partial charge is 0.00494 e. The summed E-state index contributed by atoms with van der Waals surface area (Å²) in [6.45, 7) is 3.41. The van der Waals surface area contributed by atoms with Gasteiger partial charge in [0, 0.05) is 0 Å². The maximum Gasteiger partial charge on any atom is -0.00494 e. The molecule has 0 aromatic rings. The van der Waals surface area contributed by atoms with Crippen molar-refractivity contribution in [1.29, 1.82) is 0 Å². The fourth-order valence-electron chi connectivity index (χ4n) is 0.755. The number of rotatable bonds is 5. The van der Waals surface area contributed by atoms with E-state index in [1.54, 1.807) is 0 Å². The van der Waals surface area contributed by atoms with Crippen LogP contribution in [0, 0.1) is 5.92 Å². The number of hydrogen-bond acceptors (Lipinski definition) is 2. The second-order valence-electron chi connectivity index (χ2n) is 2.51. The number of nitrogens with one attached hydrogen (secondary N) is 1. The summed E-state index contributed by atoms with van der Waals surface area (Å²) in [4.78, 5) is 0. The Kier molecular flexibility index (Phi) is 6.65. The summed E-state index contributed by atoms with van der Waals surface area (Å²) in [6.07, 6.45) is 2.52. The molecule has 1 N–H and O–H groups in total. The van der Waals surface area contributed by atoms with E-state index in [1.165, 1.54) is 12.8 Å². The third kappa shape index (κ3) is 6.19. The Hall–Kier alpha value is 0.310. The standard InChI is InChI=1S/C7H17NS/c1-7(4-6-9)3-5-8-2/h7-9H,3-6H2,1-2H3. The molecule has 0 heterocycles. The molecule has 0 aromatic heterocycles. The van der Waals surface area contributed by atoms with E-state index >= 15 is 0 Å². The van der Waals surface area contributed by atoms with Gasteiger partial charge in [0.15, 0.2) is 0 Å². The Morgan fingerprint density at radius 3 is 2.56 bits per heavy atom. The average molecular weight is 147 g/mol. The average Bonchev–Trinajstić information content (AvgIpc) is 1.85. The van der Waals surface area contributed by atoms with E-state index in [9.17, 15) is 0 Å². The zero-order valence-electron chi connectivity index (χ0n) is 6.35. The lowest BCUT2D eigenvalue weighted by Crippen LogP contribution is -2.11. The summed E-state index contributed by atoms with van der Waals surface area (Å²) < 4.78 is 0. The molecule has 0 aliphatic heterocycles. The van der Waals surface area contributed by atoms with E-state index in [-0.39, 0.29) is 0 Å². The van der Waals surface area contributed by atoms with Crippen LogP contribution in [0.2, 0.25) is 0 Å². The quantitative estimate of drug-likeness (QED) is 0.562. The van der Waals surface area contributed by atoms with Crippen molar-refractivity contribution in [3.05, 3.63) is 0 Å². The lowest BCUT2D eigenvalue weighted by atomic mass is 10.1. The van der Waals surface area contributed by atoms with Crippen molar-refractivity contribution in [3.63, 3.8) is 0 Å². The SMILES string of the molecule is CNCCC(C)CCS. The highest BCUT2D eigenvalue weighted by Crippen LogP contribution is 2.06. The van der Waals surface area contributed by atoms with Gasteiger partial charge in [0.05, 0.1) is 0 Å². The summed E-state index contributed by atoms with van der Waals surface area (Å²) >= 11 is 4.16. The van der Waals surface area contributed by atoms with E-state index in [2.05, 4.69) is 24.9 Å². The molecule has 2 heteroatoms. The van der Waals surface area contributed by atoms with Crippen molar-refractivity contribution in [3.8, 4) is 0 Å². The van der Waals surface area contributed by atoms with Gasteiger partial charge in [0.25, 0.3) is 0 Å². The van der Waals surface area contributed by atoms with Crippen LogP contribution < -0.4 is 5.32 Å². The molecule has 0 saturated carbocycles. The topological polar surface area (TPSA) is 12.0 Å². The molecular weight excluding hydrogens is 130 g/mol. The van der Waals surface area contributed by atoms with Crippen molar-refractivity contribution in [2.24, 2.45) is 5.92 Å². The number of hydrogen-bond donors (Lipinski definition) is 2. The van der Waals surface area contributed by atoms with E-state index in [4.69, 9.17) is 0 Å². The first-order valence-electron chi connectivity index (χ1n) is 3.56. The van der Waals surface area contributed by atoms with Crippen LogP contribution in [0.15, 0.2) is 0 Å². The molecular formula is C7H17NS. The highest BCUT2D eigenvalue weighted by molar-refractivity contribution is 7.80. The third-order valence-electron chi connectivity index (χ3n) is 1.51. The van der Waals surface area contributed by atoms with Gasteiger partial charge in [-0.15, -0.1) is 0 Å². The fourth-order valence-corrected chi connectivity index (χ4v) is 1.20. The molecule has 1 nitrogen and oxygen atoms in total. The first-order chi connectivity index (χ1) is 4.31. The summed E-state index contributed by atoms with van der Waals surface area (Å²) in [6, 6.07) is 0. The van der Waals surface area contributed by atoms with Crippen LogP contribution in [0.1, 0.15) is 19.8 Å². The molecule has 0 aliphatic carbocycles. The van der Waals surface area contributed by atoms with Crippen molar-refractivity contribution in [2.75, 3.05) is 19.3 Å². The minimum Gasteiger partial charge on any atom is -0.320 e. The van der Waals surface area contributed by atoms with Gasteiger partial charge in [-0.05, 0) is 38.1 Å². The monoisotopic (exact) mass is 147 g/mol. The molecule has 0 aromatic carbocycles. The molecule has 56 valence electrons. The van der Waals surface area contributed by atoms with Crippen molar-refractivity contribution in [1.82, 2.24) is 5.32 Å². The molecule has 1 atom stereocenters. The van der Waals surface area contributed by atoms with Crippen LogP contribution >= 0.6 is 12.6 Å². The molecule has 9 heavy (non-hydrogen) atoms. The third-order valence-corrected chi connectivity index (χ3v) is 1.77. The Balaban J connectivity index is 2.95. The van der Waals surface area contributed by atoms with Gasteiger partial charge in [-0.3, -0.25) is 0 Å². The van der Waals surface area contributed by atoms with E-state index in [0.29, 0.717) is 0 Å². The molecule has 0 radical (unpaired) electrons. The predicted octanol–water partition coefficient (Wildman–Crippen LogP) is 1.55. The second kappa shape index (κ2) is 6.43. The highest BCUT2D eigenvalue weighted by atomic mass is 32.1. The van der Waals surface area contributed by atoms with Crippen molar-refractivity contribution < 1.29 is 0 Å². The van der Waals surface area contributed by atoms with Crippen LogP contribution in [0.5, 0.6) is 0 Å². The van der Waals surface area contributed by atoms with Crippen LogP contribution in [0.25, 0.3) is 0 Å². The second-order valence-corrected chi connectivity index (χ2v) is 2.96. The number of thiol groups is 1. The van der Waals surface area contributed by atoms with Gasteiger partial charge in [-0.1, -0.05) is 6.92 Å². The van der Waals surface area contributed by atoms with Gasteiger partial charge in [0.2, 0.25) is 0 Å². The molecule has 0 amide bonds. The molecule has 0 rings (SSSR count). The molecule has 0 spiro atoms. The normalized spacial score (nSPS) is 13.7. The van der Waals surface area contributed by atoms with Gasteiger partial charge < -0.3 is 5.32 Å². The minimum atomic E-state index is 0.829. The maximum absolute atomic E-state index is 4.16. The summed E-state index contributed by atoms with van der Waals surface area (Å²) in [5, 5.41) is 3.13. The summed E-state index contributed by atoms with van der Waals surface area (Å²) in [7, 11) is 1.99.